The van der Waals surface area contributed by atoms with Crippen molar-refractivity contribution in [3.63, 3.8) is 0 Å². The highest BCUT2D eigenvalue weighted by molar-refractivity contribution is 5.15. The number of aryl methyl sites for hydroxylation is 1. The highest BCUT2D eigenvalue weighted by Crippen LogP contribution is 2.27. The molecule has 1 fully saturated rings. The maximum Gasteiger partial charge on any atom is 0.123 e. The van der Waals surface area contributed by atoms with Gasteiger partial charge in [0.1, 0.15) is 6.10 Å². The number of hydrogen-bond donors (Lipinski definition) is 0. The molecule has 2 heteroatoms. The number of hydrogen-bond acceptors (Lipinski definition) is 2. The number of rotatable bonds is 1. The van der Waals surface area contributed by atoms with Gasteiger partial charge in [-0.1, -0.05) is 6.07 Å². The van der Waals surface area contributed by atoms with Crippen LogP contribution in [-0.2, 0) is 4.74 Å². The van der Waals surface area contributed by atoms with Gasteiger partial charge in [-0.2, -0.15) is 0 Å². The second-order valence-corrected chi connectivity index (χ2v) is 2.58. The number of epoxide rings is 1. The van der Waals surface area contributed by atoms with Crippen molar-refractivity contribution < 1.29 is 4.74 Å². The Labute approximate surface area is 59.9 Å². The molecule has 0 aliphatic carbocycles. The Balaban J connectivity index is 2.28. The maximum atomic E-state index is 5.07. The standard InChI is InChI=1S/C8H9NO/c1-6-2-3-7(9-4-6)8-5-10-8/h2-4,8H,5H2,1H3. The average molecular weight is 135 g/mol. The summed E-state index contributed by atoms with van der Waals surface area (Å²) >= 11 is 0. The molecule has 1 unspecified atom stereocenters. The highest BCUT2D eigenvalue weighted by Gasteiger charge is 2.25. The fourth-order valence-electron chi connectivity index (χ4n) is 0.889. The van der Waals surface area contributed by atoms with E-state index in [4.69, 9.17) is 4.74 Å². The van der Waals surface area contributed by atoms with E-state index < -0.39 is 0 Å². The highest BCUT2D eigenvalue weighted by atomic mass is 16.6. The van der Waals surface area contributed by atoms with Crippen LogP contribution in [-0.4, -0.2) is 11.6 Å². The normalized spacial score (nSPS) is 22.7. The Morgan fingerprint density at radius 2 is 2.40 bits per heavy atom. The Kier molecular flexibility index (Phi) is 1.21. The number of nitrogens with zero attached hydrogens (tertiary/aromatic N) is 1. The molecule has 1 aromatic rings. The van der Waals surface area contributed by atoms with Crippen LogP contribution in [0.15, 0.2) is 18.3 Å². The Morgan fingerprint density at radius 3 is 2.90 bits per heavy atom. The Hall–Kier alpha value is -0.890. The minimum absolute atomic E-state index is 0.292. The molecule has 10 heavy (non-hydrogen) atoms. The Morgan fingerprint density at radius 1 is 1.60 bits per heavy atom. The molecule has 1 atom stereocenters. The largest absolute Gasteiger partial charge is 0.366 e. The molecule has 0 radical (unpaired) electrons. The molecule has 0 bridgehead atoms. The van der Waals surface area contributed by atoms with Crippen LogP contribution in [0.5, 0.6) is 0 Å². The van der Waals surface area contributed by atoms with Crippen LogP contribution in [0.2, 0.25) is 0 Å². The van der Waals surface area contributed by atoms with E-state index in [1.165, 1.54) is 5.56 Å². The van der Waals surface area contributed by atoms with Crippen LogP contribution < -0.4 is 0 Å². The lowest BCUT2D eigenvalue weighted by molar-refractivity contribution is 0.411. The van der Waals surface area contributed by atoms with E-state index in [-0.39, 0.29) is 0 Å². The molecule has 2 nitrogen and oxygen atoms in total. The van der Waals surface area contributed by atoms with Gasteiger partial charge in [-0.3, -0.25) is 4.98 Å². The molecular formula is C8H9NO. The van der Waals surface area contributed by atoms with Gasteiger partial charge in [-0.05, 0) is 18.6 Å². The Bertz CT molecular complexity index is 226. The first-order valence-electron chi connectivity index (χ1n) is 3.40. The van der Waals surface area contributed by atoms with Crippen LogP contribution in [0, 0.1) is 6.92 Å². The van der Waals surface area contributed by atoms with E-state index in [1.54, 1.807) is 0 Å². The quantitative estimate of drug-likeness (QED) is 0.545. The molecule has 2 heterocycles. The summed E-state index contributed by atoms with van der Waals surface area (Å²) in [7, 11) is 0. The predicted molar refractivity (Wildman–Crippen MR) is 37.7 cm³/mol. The minimum Gasteiger partial charge on any atom is -0.366 e. The summed E-state index contributed by atoms with van der Waals surface area (Å²) in [5.41, 5.74) is 2.26. The zero-order valence-corrected chi connectivity index (χ0v) is 5.87. The second kappa shape index (κ2) is 2.06. The van der Waals surface area contributed by atoms with Crippen molar-refractivity contribution in [2.75, 3.05) is 6.61 Å². The number of pyridine rings is 1. The molecule has 1 aliphatic heterocycles. The zero-order chi connectivity index (χ0) is 6.97. The summed E-state index contributed by atoms with van der Waals surface area (Å²) < 4.78 is 5.07. The van der Waals surface area contributed by atoms with Crippen molar-refractivity contribution in [2.24, 2.45) is 0 Å². The molecule has 1 aromatic heterocycles. The smallest absolute Gasteiger partial charge is 0.123 e. The van der Waals surface area contributed by atoms with Gasteiger partial charge < -0.3 is 4.74 Å². The predicted octanol–water partition coefficient (Wildman–Crippen LogP) is 1.46. The zero-order valence-electron chi connectivity index (χ0n) is 5.87. The van der Waals surface area contributed by atoms with Crippen LogP contribution in [0.3, 0.4) is 0 Å². The third kappa shape index (κ3) is 1.02. The molecule has 0 N–H and O–H groups in total. The summed E-state index contributed by atoms with van der Waals surface area (Å²) in [6.07, 6.45) is 2.16. The van der Waals surface area contributed by atoms with Gasteiger partial charge in [0, 0.05) is 6.20 Å². The first-order chi connectivity index (χ1) is 4.86. The topological polar surface area (TPSA) is 25.4 Å². The third-order valence-corrected chi connectivity index (χ3v) is 1.60. The van der Waals surface area contributed by atoms with Crippen molar-refractivity contribution in [2.45, 2.75) is 13.0 Å². The van der Waals surface area contributed by atoms with Crippen molar-refractivity contribution >= 4 is 0 Å². The van der Waals surface area contributed by atoms with Crippen molar-refractivity contribution in [1.29, 1.82) is 0 Å². The van der Waals surface area contributed by atoms with Gasteiger partial charge in [0.25, 0.3) is 0 Å². The van der Waals surface area contributed by atoms with Gasteiger partial charge in [0.05, 0.1) is 12.3 Å². The molecule has 52 valence electrons. The summed E-state index contributed by atoms with van der Waals surface area (Å²) in [4.78, 5) is 4.22. The molecule has 0 spiro atoms. The molecule has 1 saturated heterocycles. The number of aromatic nitrogens is 1. The second-order valence-electron chi connectivity index (χ2n) is 2.58. The maximum absolute atomic E-state index is 5.07. The van der Waals surface area contributed by atoms with E-state index in [9.17, 15) is 0 Å². The third-order valence-electron chi connectivity index (χ3n) is 1.60. The average Bonchev–Trinajstić information content (AvgIpc) is 2.71. The summed E-state index contributed by atoms with van der Waals surface area (Å²) in [6, 6.07) is 4.08. The molecule has 0 amide bonds. The summed E-state index contributed by atoms with van der Waals surface area (Å²) in [5, 5.41) is 0. The van der Waals surface area contributed by atoms with Crippen LogP contribution >= 0.6 is 0 Å². The van der Waals surface area contributed by atoms with Crippen LogP contribution in [0.1, 0.15) is 17.4 Å². The molecule has 1 aliphatic rings. The van der Waals surface area contributed by atoms with E-state index in [0.29, 0.717) is 6.10 Å². The number of ether oxygens (including phenoxy) is 1. The van der Waals surface area contributed by atoms with Gasteiger partial charge in [0.15, 0.2) is 0 Å². The molecule has 0 aromatic carbocycles. The van der Waals surface area contributed by atoms with Gasteiger partial charge in [0.2, 0.25) is 0 Å². The lowest BCUT2D eigenvalue weighted by Gasteiger charge is -1.93. The van der Waals surface area contributed by atoms with Gasteiger partial charge >= 0.3 is 0 Å². The van der Waals surface area contributed by atoms with Crippen LogP contribution in [0.4, 0.5) is 0 Å². The van der Waals surface area contributed by atoms with E-state index in [0.717, 1.165) is 12.3 Å². The van der Waals surface area contributed by atoms with Crippen molar-refractivity contribution in [3.05, 3.63) is 29.6 Å². The fourth-order valence-corrected chi connectivity index (χ4v) is 0.889. The van der Waals surface area contributed by atoms with E-state index >= 15 is 0 Å². The van der Waals surface area contributed by atoms with Gasteiger partial charge in [-0.15, -0.1) is 0 Å². The first kappa shape index (κ1) is 5.86. The molecular weight excluding hydrogens is 126 g/mol. The van der Waals surface area contributed by atoms with E-state index in [2.05, 4.69) is 11.1 Å². The van der Waals surface area contributed by atoms with Crippen LogP contribution in [0.25, 0.3) is 0 Å². The van der Waals surface area contributed by atoms with E-state index in [1.807, 2.05) is 19.2 Å². The summed E-state index contributed by atoms with van der Waals surface area (Å²) in [6.45, 7) is 2.88. The lowest BCUT2D eigenvalue weighted by atomic mass is 10.2. The van der Waals surface area contributed by atoms with Crippen molar-refractivity contribution in [1.82, 2.24) is 4.98 Å². The monoisotopic (exact) mass is 135 g/mol. The SMILES string of the molecule is Cc1ccc(C2CO2)nc1. The summed E-state index contributed by atoms with van der Waals surface area (Å²) in [5.74, 6) is 0. The van der Waals surface area contributed by atoms with Crippen molar-refractivity contribution in [3.8, 4) is 0 Å². The van der Waals surface area contributed by atoms with Gasteiger partial charge in [-0.25, -0.2) is 0 Å². The minimum atomic E-state index is 0.292. The molecule has 0 saturated carbocycles. The first-order valence-corrected chi connectivity index (χ1v) is 3.40. The molecule has 2 rings (SSSR count). The lowest BCUT2D eigenvalue weighted by Crippen LogP contribution is -1.85. The fraction of sp³-hybridized carbons (Fsp3) is 0.375.